The predicted octanol–water partition coefficient (Wildman–Crippen LogP) is 6.80. The molecular weight excluding hydrogens is 1020 g/mol. The normalized spacial score (nSPS) is 14.8. The number of aromatic nitrogens is 6. The number of nitrogens with one attached hydrogen (secondary N) is 4. The van der Waals surface area contributed by atoms with Gasteiger partial charge in [0.05, 0.1) is 41.9 Å². The minimum atomic E-state index is -0.967. The molecule has 1 unspecified atom stereocenters. The van der Waals surface area contributed by atoms with Gasteiger partial charge >= 0.3 is 0 Å². The van der Waals surface area contributed by atoms with Crippen LogP contribution in [0.1, 0.15) is 92.3 Å². The minimum Gasteiger partial charge on any atom is -0.391 e. The molecule has 1 saturated heterocycles. The molecule has 0 saturated carbocycles. The van der Waals surface area contributed by atoms with E-state index >= 15 is 0 Å². The Morgan fingerprint density at radius 1 is 0.821 bits per heavy atom. The van der Waals surface area contributed by atoms with Crippen molar-refractivity contribution in [1.29, 1.82) is 0 Å². The monoisotopic (exact) mass is 1090 g/mol. The van der Waals surface area contributed by atoms with Gasteiger partial charge in [0, 0.05) is 75.4 Å². The number of benzene rings is 3. The van der Waals surface area contributed by atoms with E-state index in [2.05, 4.69) is 46.4 Å². The van der Waals surface area contributed by atoms with E-state index in [1.807, 2.05) is 62.0 Å². The quantitative estimate of drug-likeness (QED) is 0.0304. The Morgan fingerprint density at radius 3 is 2.24 bits per heavy atom. The summed E-state index contributed by atoms with van der Waals surface area (Å²) in [7, 11) is 0. The Hall–Kier alpha value is -7.11. The molecule has 78 heavy (non-hydrogen) atoms. The van der Waals surface area contributed by atoms with Crippen molar-refractivity contribution < 1.29 is 47.3 Å². The van der Waals surface area contributed by atoms with Crippen LogP contribution in [0.25, 0.3) is 22.0 Å². The zero-order valence-electron chi connectivity index (χ0n) is 44.5. The van der Waals surface area contributed by atoms with Gasteiger partial charge < -0.3 is 50.1 Å². The van der Waals surface area contributed by atoms with E-state index in [9.17, 15) is 33.1 Å². The summed E-state index contributed by atoms with van der Waals surface area (Å²) in [5.41, 5.74) is 5.35. The number of hydrogen-bond acceptors (Lipinski definition) is 15. The molecule has 416 valence electrons. The number of anilines is 1. The van der Waals surface area contributed by atoms with E-state index in [-0.39, 0.29) is 57.3 Å². The summed E-state index contributed by atoms with van der Waals surface area (Å²) in [6.07, 6.45) is 6.64. The molecule has 5 N–H and O–H groups in total. The number of halogens is 2. The Morgan fingerprint density at radius 2 is 1.54 bits per heavy atom. The second-order valence-electron chi connectivity index (χ2n) is 20.0. The highest BCUT2D eigenvalue weighted by atomic mass is 32.1. The zero-order valence-corrected chi connectivity index (χ0v) is 45.3. The summed E-state index contributed by atoms with van der Waals surface area (Å²) < 4.78 is 47.5. The van der Waals surface area contributed by atoms with E-state index in [0.717, 1.165) is 59.5 Å². The highest BCUT2D eigenvalue weighted by Crippen LogP contribution is 2.29. The number of β-amino-alcohol motifs (C(OH)–C–C–N with tert-alkyl or cyclic N) is 1. The van der Waals surface area contributed by atoms with Gasteiger partial charge in [0.1, 0.15) is 42.3 Å². The van der Waals surface area contributed by atoms with Crippen LogP contribution >= 0.6 is 11.3 Å². The summed E-state index contributed by atoms with van der Waals surface area (Å²) in [4.78, 5) is 68.5. The second-order valence-corrected chi connectivity index (χ2v) is 20.8. The average Bonchev–Trinajstić information content (AvgIpc) is 4.19. The maximum absolute atomic E-state index is 14.1. The average molecular weight is 1090 g/mol. The molecular formula is C56H69F2N11O8S. The van der Waals surface area contributed by atoms with Crippen molar-refractivity contribution in [3.05, 3.63) is 131 Å². The molecule has 1 fully saturated rings. The third kappa shape index (κ3) is 16.9. The van der Waals surface area contributed by atoms with Crippen LogP contribution in [0.3, 0.4) is 0 Å². The molecule has 22 heteroatoms. The fourth-order valence-corrected chi connectivity index (χ4v) is 9.60. The number of rotatable bonds is 29. The van der Waals surface area contributed by atoms with Gasteiger partial charge in [-0.15, -0.1) is 21.5 Å². The van der Waals surface area contributed by atoms with E-state index in [4.69, 9.17) is 14.2 Å². The molecule has 3 aromatic heterocycles. The number of aliphatic hydroxyl groups is 1. The number of carbonyl (C=O) groups excluding carboxylic acids is 4. The zero-order chi connectivity index (χ0) is 55.4. The van der Waals surface area contributed by atoms with Crippen LogP contribution in [0.15, 0.2) is 90.8 Å². The van der Waals surface area contributed by atoms with Crippen molar-refractivity contribution in [2.45, 2.75) is 111 Å². The van der Waals surface area contributed by atoms with Crippen LogP contribution in [-0.4, -0.2) is 128 Å². The van der Waals surface area contributed by atoms with E-state index in [0.29, 0.717) is 68.0 Å². The molecule has 3 atom stereocenters. The molecule has 19 nitrogen and oxygen atoms in total. The lowest BCUT2D eigenvalue weighted by Crippen LogP contribution is -2.58. The largest absolute Gasteiger partial charge is 0.391 e. The number of thiazole rings is 1. The van der Waals surface area contributed by atoms with Gasteiger partial charge in [-0.1, -0.05) is 70.0 Å². The lowest BCUT2D eigenvalue weighted by atomic mass is 9.85. The van der Waals surface area contributed by atoms with E-state index in [1.165, 1.54) is 17.3 Å². The molecule has 1 aliphatic heterocycles. The Labute approximate surface area is 456 Å². The SMILES string of the molecule is Cc1ncsc1-c1ccc(CNC(=O)C2C[C@@H](O)CN2C(=O)[C@@H](NC(=O)COCCOCCCCCCOCCCn2c(CNc3cccc(C(=O)NCc4c(F)cccc4F)c3)nnc2-c2ccncn2)C(C)(C)C)cc1. The topological polar surface area (TPSA) is 237 Å². The number of aliphatic hydroxyl groups excluding tert-OH is 1. The van der Waals surface area contributed by atoms with Crippen molar-refractivity contribution in [3.63, 3.8) is 0 Å². The molecule has 4 amide bonds. The van der Waals surface area contributed by atoms with Gasteiger partial charge in [-0.2, -0.15) is 0 Å². The van der Waals surface area contributed by atoms with Crippen LogP contribution in [0.5, 0.6) is 0 Å². The lowest BCUT2D eigenvalue weighted by Gasteiger charge is -2.35. The number of amides is 4. The number of carbonyl (C=O) groups is 4. The van der Waals surface area contributed by atoms with Gasteiger partial charge in [-0.25, -0.2) is 23.7 Å². The van der Waals surface area contributed by atoms with Crippen molar-refractivity contribution in [2.24, 2.45) is 5.41 Å². The van der Waals surface area contributed by atoms with Crippen LogP contribution in [0.2, 0.25) is 0 Å². The van der Waals surface area contributed by atoms with Gasteiger partial charge in [-0.05, 0) is 79.1 Å². The Balaban J connectivity index is 0.746. The number of ether oxygens (including phenoxy) is 3. The lowest BCUT2D eigenvalue weighted by molar-refractivity contribution is -0.144. The Bertz CT molecular complexity index is 2880. The van der Waals surface area contributed by atoms with Crippen LogP contribution in [-0.2, 0) is 54.8 Å². The van der Waals surface area contributed by atoms with Gasteiger partial charge in [-0.3, -0.25) is 19.2 Å². The summed E-state index contributed by atoms with van der Waals surface area (Å²) in [5.74, 6) is -2.02. The molecule has 0 aliphatic carbocycles. The summed E-state index contributed by atoms with van der Waals surface area (Å²) in [6.45, 7) is 10.1. The van der Waals surface area contributed by atoms with Gasteiger partial charge in [0.25, 0.3) is 5.91 Å². The molecule has 1 aliphatic rings. The fourth-order valence-electron chi connectivity index (χ4n) is 8.79. The van der Waals surface area contributed by atoms with Crippen molar-refractivity contribution in [1.82, 2.24) is 50.6 Å². The molecule has 0 radical (unpaired) electrons. The number of nitrogens with zero attached hydrogens (tertiary/aromatic N) is 7. The summed E-state index contributed by atoms with van der Waals surface area (Å²) in [6, 6.07) is 18.1. The van der Waals surface area contributed by atoms with Crippen molar-refractivity contribution in [3.8, 4) is 22.0 Å². The summed E-state index contributed by atoms with van der Waals surface area (Å²) >= 11 is 1.57. The predicted molar refractivity (Wildman–Crippen MR) is 290 cm³/mol. The highest BCUT2D eigenvalue weighted by Gasteiger charge is 2.44. The third-order valence-corrected chi connectivity index (χ3v) is 14.0. The molecule has 7 rings (SSSR count). The maximum atomic E-state index is 14.1. The molecule has 3 aromatic carbocycles. The fraction of sp³-hybridized carbons (Fsp3) is 0.446. The van der Waals surface area contributed by atoms with Crippen LogP contribution < -0.4 is 21.3 Å². The molecule has 6 aromatic rings. The number of aryl methyl sites for hydroxylation is 1. The first-order chi connectivity index (χ1) is 37.7. The van der Waals surface area contributed by atoms with Crippen LogP contribution in [0, 0.1) is 24.0 Å². The van der Waals surface area contributed by atoms with Crippen LogP contribution in [0.4, 0.5) is 14.5 Å². The van der Waals surface area contributed by atoms with Gasteiger partial charge in [0.15, 0.2) is 11.6 Å². The van der Waals surface area contributed by atoms with E-state index in [1.54, 1.807) is 47.9 Å². The van der Waals surface area contributed by atoms with Gasteiger partial charge in [0.2, 0.25) is 17.7 Å². The number of hydrogen-bond donors (Lipinski definition) is 5. The standard InChI is InChI=1S/C56H69F2N11O8S/c1-37-50(78-36-64-37)39-18-16-38(17-19-39)30-61-54(73)47-29-42(70)33-69(47)55(74)51(56(2,3)4)65-49(71)34-77-27-26-76-24-8-6-5-7-23-75-25-11-22-68-48(66-67-52(68)46-20-21-59-35-63-46)32-60-41-13-9-12-40(28-41)53(72)62-31-43-44(57)14-10-15-45(43)58/h9-10,12-21,28,35-36,42,47,51,60,70H,5-8,11,22-27,29-34H2,1-4H3,(H,61,73)(H,62,72)(H,65,71)/t42-,47?,51-/m1/s1. The molecule has 4 heterocycles. The first-order valence-corrected chi connectivity index (χ1v) is 27.1. The molecule has 0 bridgehead atoms. The number of likely N-dealkylation sites (tertiary alicyclic amines) is 1. The highest BCUT2D eigenvalue weighted by molar-refractivity contribution is 7.13. The Kier molecular flexibility index (Phi) is 21.8. The third-order valence-electron chi connectivity index (χ3n) is 13.0. The minimum absolute atomic E-state index is 0.0212. The molecule has 0 spiro atoms. The first kappa shape index (κ1) is 58.6. The maximum Gasteiger partial charge on any atom is 0.251 e. The smallest absolute Gasteiger partial charge is 0.251 e. The van der Waals surface area contributed by atoms with Crippen molar-refractivity contribution >= 4 is 40.7 Å². The second kappa shape index (κ2) is 29.0. The van der Waals surface area contributed by atoms with E-state index < -0.39 is 53.0 Å². The van der Waals surface area contributed by atoms with Crippen molar-refractivity contribution in [2.75, 3.05) is 51.5 Å². The summed E-state index contributed by atoms with van der Waals surface area (Å²) in [5, 5.41) is 31.0. The first-order valence-electron chi connectivity index (χ1n) is 26.2. The number of unbranched alkanes of at least 4 members (excludes halogenated alkanes) is 3.